The van der Waals surface area contributed by atoms with E-state index in [4.69, 9.17) is 4.74 Å². The van der Waals surface area contributed by atoms with E-state index in [0.29, 0.717) is 13.0 Å². The minimum absolute atomic E-state index is 0.0357. The summed E-state index contributed by atoms with van der Waals surface area (Å²) < 4.78 is 30.8. The highest BCUT2D eigenvalue weighted by Crippen LogP contribution is 2.44. The van der Waals surface area contributed by atoms with Crippen molar-refractivity contribution in [2.24, 2.45) is 5.92 Å². The number of fused-ring (bicyclic) bond motifs is 3. The number of rotatable bonds is 4. The van der Waals surface area contributed by atoms with E-state index >= 15 is 0 Å². The molecule has 1 heterocycles. The number of aliphatic hydroxyl groups is 1. The zero-order valence-corrected chi connectivity index (χ0v) is 14.7. The molecule has 2 aromatic rings. The van der Waals surface area contributed by atoms with E-state index < -0.39 is 24.5 Å². The van der Waals surface area contributed by atoms with Crippen LogP contribution >= 0.6 is 0 Å². The first-order chi connectivity index (χ1) is 13.1. The molecule has 2 unspecified atom stereocenters. The van der Waals surface area contributed by atoms with Crippen LogP contribution in [0.1, 0.15) is 23.5 Å². The Labute approximate surface area is 156 Å². The number of hydrogen-bond acceptors (Lipinski definition) is 3. The van der Waals surface area contributed by atoms with E-state index in [0.717, 1.165) is 22.3 Å². The van der Waals surface area contributed by atoms with E-state index in [1.54, 1.807) is 0 Å². The molecular weight excluding hydrogens is 352 g/mol. The number of alkyl halides is 2. The Morgan fingerprint density at radius 3 is 2.30 bits per heavy atom. The number of carbonyl (C=O) groups excluding carboxylic acids is 1. The first kappa shape index (κ1) is 17.9. The number of ether oxygens (including phenoxy) is 1. The fourth-order valence-electron chi connectivity index (χ4n) is 4.12. The van der Waals surface area contributed by atoms with Gasteiger partial charge < -0.3 is 14.7 Å². The molecule has 1 fully saturated rings. The number of likely N-dealkylation sites (tertiary alicyclic amines) is 1. The lowest BCUT2D eigenvalue weighted by Crippen LogP contribution is -2.34. The van der Waals surface area contributed by atoms with E-state index in [1.807, 2.05) is 36.4 Å². The van der Waals surface area contributed by atoms with Gasteiger partial charge in [0.1, 0.15) is 12.7 Å². The van der Waals surface area contributed by atoms with Crippen LogP contribution in [0.3, 0.4) is 0 Å². The Morgan fingerprint density at radius 2 is 1.70 bits per heavy atom. The highest BCUT2D eigenvalue weighted by molar-refractivity contribution is 5.79. The van der Waals surface area contributed by atoms with Crippen molar-refractivity contribution in [2.75, 3.05) is 19.7 Å². The summed E-state index contributed by atoms with van der Waals surface area (Å²) in [6.45, 7) is 0.624. The summed E-state index contributed by atoms with van der Waals surface area (Å²) in [5, 5.41) is 9.52. The highest BCUT2D eigenvalue weighted by Gasteiger charge is 2.36. The summed E-state index contributed by atoms with van der Waals surface area (Å²) in [7, 11) is 0. The minimum Gasteiger partial charge on any atom is -0.448 e. The summed E-state index contributed by atoms with van der Waals surface area (Å²) in [5.41, 5.74) is 4.55. The van der Waals surface area contributed by atoms with Crippen LogP contribution in [-0.4, -0.2) is 48.3 Å². The van der Waals surface area contributed by atoms with Gasteiger partial charge in [0.2, 0.25) is 0 Å². The highest BCUT2D eigenvalue weighted by atomic mass is 19.3. The van der Waals surface area contributed by atoms with Gasteiger partial charge in [-0.2, -0.15) is 0 Å². The summed E-state index contributed by atoms with van der Waals surface area (Å²) in [4.78, 5) is 13.8. The second-order valence-electron chi connectivity index (χ2n) is 7.12. The number of hydrogen-bond donors (Lipinski definition) is 1. The summed E-state index contributed by atoms with van der Waals surface area (Å²) in [6, 6.07) is 16.1. The largest absolute Gasteiger partial charge is 0.448 e. The molecule has 1 aliphatic carbocycles. The Balaban J connectivity index is 1.43. The lowest BCUT2D eigenvalue weighted by molar-refractivity contribution is -0.0359. The van der Waals surface area contributed by atoms with E-state index in [-0.39, 0.29) is 19.1 Å². The standard InChI is InChI=1S/C21H21F2NO3/c22-20(23)19(25)13-9-10-24(11-13)21(26)27-12-18-16-7-3-1-5-14(16)15-6-2-4-8-17(15)18/h1-8,13,18-20,25H,9-12H2. The van der Waals surface area contributed by atoms with Crippen LogP contribution in [-0.2, 0) is 4.74 Å². The van der Waals surface area contributed by atoms with Crippen LogP contribution in [0.25, 0.3) is 11.1 Å². The molecule has 0 saturated carbocycles. The number of aliphatic hydroxyl groups excluding tert-OH is 1. The predicted octanol–water partition coefficient (Wildman–Crippen LogP) is 3.88. The van der Waals surface area contributed by atoms with Gasteiger partial charge in [0.15, 0.2) is 0 Å². The first-order valence-electron chi connectivity index (χ1n) is 9.12. The molecular formula is C21H21F2NO3. The van der Waals surface area contributed by atoms with Gasteiger partial charge in [0.25, 0.3) is 6.43 Å². The Kier molecular flexibility index (Phi) is 4.83. The molecule has 142 valence electrons. The van der Waals surface area contributed by atoms with Gasteiger partial charge in [0, 0.05) is 24.9 Å². The van der Waals surface area contributed by atoms with E-state index in [2.05, 4.69) is 12.1 Å². The maximum atomic E-state index is 12.7. The molecule has 0 aromatic heterocycles. The number of amides is 1. The molecule has 2 aliphatic rings. The first-order valence-corrected chi connectivity index (χ1v) is 9.12. The van der Waals surface area contributed by atoms with Crippen molar-refractivity contribution in [3.8, 4) is 11.1 Å². The van der Waals surface area contributed by atoms with E-state index in [1.165, 1.54) is 4.90 Å². The third kappa shape index (κ3) is 3.30. The monoisotopic (exact) mass is 373 g/mol. The van der Waals surface area contributed by atoms with Crippen molar-refractivity contribution in [3.05, 3.63) is 59.7 Å². The number of benzene rings is 2. The topological polar surface area (TPSA) is 49.8 Å². The number of halogens is 2. The molecule has 0 bridgehead atoms. The molecule has 4 rings (SSSR count). The van der Waals surface area contributed by atoms with Crippen LogP contribution in [0.5, 0.6) is 0 Å². The average Bonchev–Trinajstić information content (AvgIpc) is 3.29. The molecule has 4 nitrogen and oxygen atoms in total. The molecule has 6 heteroatoms. The van der Waals surface area contributed by atoms with Crippen molar-refractivity contribution < 1.29 is 23.4 Å². The van der Waals surface area contributed by atoms with Crippen LogP contribution in [0.15, 0.2) is 48.5 Å². The molecule has 1 amide bonds. The Morgan fingerprint density at radius 1 is 1.11 bits per heavy atom. The van der Waals surface area contributed by atoms with Crippen LogP contribution in [0.4, 0.5) is 13.6 Å². The second kappa shape index (κ2) is 7.27. The Hall–Kier alpha value is -2.47. The fraction of sp³-hybridized carbons (Fsp3) is 0.381. The van der Waals surface area contributed by atoms with Gasteiger partial charge >= 0.3 is 6.09 Å². The van der Waals surface area contributed by atoms with Crippen LogP contribution in [0.2, 0.25) is 0 Å². The number of nitrogens with zero attached hydrogens (tertiary/aromatic N) is 1. The molecule has 2 atom stereocenters. The molecule has 1 N–H and O–H groups in total. The van der Waals surface area contributed by atoms with Gasteiger partial charge in [-0.05, 0) is 28.7 Å². The van der Waals surface area contributed by atoms with Crippen molar-refractivity contribution in [1.29, 1.82) is 0 Å². The van der Waals surface area contributed by atoms with E-state index in [9.17, 15) is 18.7 Å². The summed E-state index contributed by atoms with van der Waals surface area (Å²) >= 11 is 0. The molecule has 27 heavy (non-hydrogen) atoms. The van der Waals surface area contributed by atoms with Gasteiger partial charge in [-0.1, -0.05) is 48.5 Å². The van der Waals surface area contributed by atoms with Crippen molar-refractivity contribution in [3.63, 3.8) is 0 Å². The predicted molar refractivity (Wildman–Crippen MR) is 96.8 cm³/mol. The molecule has 0 radical (unpaired) electrons. The third-order valence-electron chi connectivity index (χ3n) is 5.56. The third-order valence-corrected chi connectivity index (χ3v) is 5.56. The fourth-order valence-corrected chi connectivity index (χ4v) is 4.12. The number of carbonyl (C=O) groups is 1. The average molecular weight is 373 g/mol. The maximum absolute atomic E-state index is 12.7. The molecule has 1 saturated heterocycles. The lowest BCUT2D eigenvalue weighted by atomic mass is 9.98. The molecule has 1 aliphatic heterocycles. The van der Waals surface area contributed by atoms with Gasteiger partial charge in [-0.15, -0.1) is 0 Å². The quantitative estimate of drug-likeness (QED) is 0.885. The summed E-state index contributed by atoms with van der Waals surface area (Å²) in [6.07, 6.45) is -4.65. The zero-order chi connectivity index (χ0) is 19.0. The smallest absolute Gasteiger partial charge is 0.409 e. The second-order valence-corrected chi connectivity index (χ2v) is 7.12. The molecule has 2 aromatic carbocycles. The Bertz CT molecular complexity index is 796. The van der Waals surface area contributed by atoms with Gasteiger partial charge in [-0.3, -0.25) is 0 Å². The minimum atomic E-state index is -2.79. The lowest BCUT2D eigenvalue weighted by Gasteiger charge is -2.20. The summed E-state index contributed by atoms with van der Waals surface area (Å²) in [5.74, 6) is -0.642. The van der Waals surface area contributed by atoms with Gasteiger partial charge in [0.05, 0.1) is 0 Å². The van der Waals surface area contributed by atoms with Crippen molar-refractivity contribution in [1.82, 2.24) is 4.90 Å². The SMILES string of the molecule is O=C(OCC1c2ccccc2-c2ccccc21)N1CCC(C(O)C(F)F)C1. The van der Waals surface area contributed by atoms with Crippen LogP contribution < -0.4 is 0 Å². The molecule has 0 spiro atoms. The zero-order valence-electron chi connectivity index (χ0n) is 14.7. The van der Waals surface area contributed by atoms with Crippen LogP contribution in [0, 0.1) is 5.92 Å². The van der Waals surface area contributed by atoms with Gasteiger partial charge in [-0.25, -0.2) is 13.6 Å². The maximum Gasteiger partial charge on any atom is 0.409 e. The van der Waals surface area contributed by atoms with Crippen molar-refractivity contribution in [2.45, 2.75) is 24.9 Å². The normalized spacial score (nSPS) is 19.9. The van der Waals surface area contributed by atoms with Crippen molar-refractivity contribution >= 4 is 6.09 Å².